The van der Waals surface area contributed by atoms with Crippen molar-refractivity contribution in [1.29, 1.82) is 5.26 Å². The van der Waals surface area contributed by atoms with Gasteiger partial charge in [0.2, 0.25) is 5.91 Å². The first-order valence-corrected chi connectivity index (χ1v) is 8.64. The number of likely N-dealkylation sites (tertiary alicyclic amines) is 1. The molecule has 0 aliphatic carbocycles. The number of nitrogens with zero attached hydrogens (tertiary/aromatic N) is 2. The van der Waals surface area contributed by atoms with Crippen molar-refractivity contribution in [2.24, 2.45) is 5.92 Å². The van der Waals surface area contributed by atoms with Gasteiger partial charge in [0.1, 0.15) is 11.7 Å². The highest BCUT2D eigenvalue weighted by Crippen LogP contribution is 2.17. The summed E-state index contributed by atoms with van der Waals surface area (Å²) < 4.78 is 5.72. The van der Waals surface area contributed by atoms with Crippen molar-refractivity contribution in [2.45, 2.75) is 45.4 Å². The van der Waals surface area contributed by atoms with Crippen LogP contribution in [0.2, 0.25) is 0 Å². The molecule has 0 bridgehead atoms. The predicted octanol–water partition coefficient (Wildman–Crippen LogP) is 3.56. The fourth-order valence-electron chi connectivity index (χ4n) is 2.90. The molecule has 0 N–H and O–H groups in total. The summed E-state index contributed by atoms with van der Waals surface area (Å²) in [6, 6.07) is 10.1. The van der Waals surface area contributed by atoms with Gasteiger partial charge in [-0.1, -0.05) is 31.9 Å². The number of hydrogen-bond donors (Lipinski definition) is 0. The van der Waals surface area contributed by atoms with Crippen molar-refractivity contribution < 1.29 is 9.53 Å². The van der Waals surface area contributed by atoms with Gasteiger partial charge < -0.3 is 9.64 Å². The number of rotatable bonds is 6. The van der Waals surface area contributed by atoms with E-state index < -0.39 is 5.92 Å². The maximum absolute atomic E-state index is 12.5. The van der Waals surface area contributed by atoms with Gasteiger partial charge in [0.15, 0.2) is 0 Å². The monoisotopic (exact) mass is 314 g/mol. The molecule has 1 heterocycles. The predicted molar refractivity (Wildman–Crippen MR) is 90.1 cm³/mol. The zero-order valence-electron chi connectivity index (χ0n) is 14.0. The smallest absolute Gasteiger partial charge is 0.240 e. The maximum atomic E-state index is 12.5. The zero-order valence-corrected chi connectivity index (χ0v) is 14.0. The zero-order chi connectivity index (χ0) is 16.5. The Morgan fingerprint density at radius 2 is 2.04 bits per heavy atom. The van der Waals surface area contributed by atoms with Gasteiger partial charge >= 0.3 is 0 Å². The number of carbonyl (C=O) groups is 1. The largest absolute Gasteiger partial charge is 0.494 e. The molecule has 1 aromatic rings. The van der Waals surface area contributed by atoms with Crippen LogP contribution in [0.15, 0.2) is 24.3 Å². The van der Waals surface area contributed by atoms with Crippen molar-refractivity contribution in [1.82, 2.24) is 4.90 Å². The molecule has 4 nitrogen and oxygen atoms in total. The van der Waals surface area contributed by atoms with Gasteiger partial charge in [-0.25, -0.2) is 0 Å². The lowest BCUT2D eigenvalue weighted by Crippen LogP contribution is -2.37. The van der Waals surface area contributed by atoms with Crippen molar-refractivity contribution in [3.8, 4) is 11.8 Å². The van der Waals surface area contributed by atoms with Gasteiger partial charge in [-0.15, -0.1) is 0 Å². The molecule has 1 aliphatic rings. The van der Waals surface area contributed by atoms with E-state index in [-0.39, 0.29) is 5.91 Å². The highest BCUT2D eigenvalue weighted by molar-refractivity contribution is 5.81. The molecule has 124 valence electrons. The second kappa shape index (κ2) is 9.19. The van der Waals surface area contributed by atoms with Crippen LogP contribution in [0.3, 0.4) is 0 Å². The van der Waals surface area contributed by atoms with Crippen LogP contribution in [-0.2, 0) is 11.2 Å². The fourth-order valence-corrected chi connectivity index (χ4v) is 2.90. The fraction of sp³-hybridized carbons (Fsp3) is 0.579. The molecule has 1 amide bonds. The molecule has 1 aliphatic heterocycles. The molecule has 1 atom stereocenters. The van der Waals surface area contributed by atoms with Crippen molar-refractivity contribution in [3.05, 3.63) is 29.8 Å². The summed E-state index contributed by atoms with van der Waals surface area (Å²) >= 11 is 0. The van der Waals surface area contributed by atoms with Crippen LogP contribution in [0.5, 0.6) is 5.75 Å². The normalized spacial score (nSPS) is 16.3. The number of hydrogen-bond acceptors (Lipinski definition) is 3. The highest BCUT2D eigenvalue weighted by atomic mass is 16.5. The summed E-state index contributed by atoms with van der Waals surface area (Å²) in [5.41, 5.74) is 1.22. The highest BCUT2D eigenvalue weighted by Gasteiger charge is 2.24. The SMILES string of the molecule is CCc1cccc(OCCC(C#N)C(=O)N2CCCCCC2)c1. The standard InChI is InChI=1S/C19H26N2O2/c1-2-16-8-7-9-18(14-16)23-13-10-17(15-20)19(22)21-11-5-3-4-6-12-21/h7-9,14,17H,2-6,10-13H2,1H3. The maximum Gasteiger partial charge on any atom is 0.240 e. The van der Waals surface area contributed by atoms with Crippen molar-refractivity contribution in [3.63, 3.8) is 0 Å². The van der Waals surface area contributed by atoms with E-state index in [1.807, 2.05) is 23.1 Å². The third-order valence-electron chi connectivity index (χ3n) is 4.35. The van der Waals surface area contributed by atoms with E-state index in [1.165, 1.54) is 18.4 Å². The lowest BCUT2D eigenvalue weighted by molar-refractivity contribution is -0.134. The van der Waals surface area contributed by atoms with Crippen LogP contribution in [0, 0.1) is 17.2 Å². The van der Waals surface area contributed by atoms with Crippen molar-refractivity contribution >= 4 is 5.91 Å². The molecule has 0 saturated carbocycles. The molecule has 0 radical (unpaired) electrons. The summed E-state index contributed by atoms with van der Waals surface area (Å²) in [6.45, 7) is 4.07. The minimum absolute atomic E-state index is 0.0275. The van der Waals surface area contributed by atoms with Crippen LogP contribution in [0.25, 0.3) is 0 Å². The summed E-state index contributed by atoms with van der Waals surface area (Å²) in [6.07, 6.45) is 5.86. The lowest BCUT2D eigenvalue weighted by atomic mass is 10.1. The molecule has 1 aromatic carbocycles. The first-order chi connectivity index (χ1) is 11.2. The molecule has 2 rings (SSSR count). The Bertz CT molecular complexity index is 543. The van der Waals surface area contributed by atoms with E-state index in [4.69, 9.17) is 4.74 Å². The van der Waals surface area contributed by atoms with E-state index in [0.717, 1.165) is 38.1 Å². The molecular formula is C19H26N2O2. The van der Waals surface area contributed by atoms with E-state index in [2.05, 4.69) is 19.1 Å². The molecule has 4 heteroatoms. The first-order valence-electron chi connectivity index (χ1n) is 8.64. The summed E-state index contributed by atoms with van der Waals surface area (Å²) in [7, 11) is 0. The number of nitriles is 1. The molecule has 1 unspecified atom stereocenters. The Hall–Kier alpha value is -2.02. The lowest BCUT2D eigenvalue weighted by Gasteiger charge is -2.22. The van der Waals surface area contributed by atoms with Crippen LogP contribution >= 0.6 is 0 Å². The van der Waals surface area contributed by atoms with E-state index in [9.17, 15) is 10.1 Å². The quantitative estimate of drug-likeness (QED) is 0.806. The van der Waals surface area contributed by atoms with Gasteiger partial charge in [0.25, 0.3) is 0 Å². The Kier molecular flexibility index (Phi) is 6.93. The van der Waals surface area contributed by atoms with E-state index >= 15 is 0 Å². The molecule has 0 spiro atoms. The average molecular weight is 314 g/mol. The number of ether oxygens (including phenoxy) is 1. The van der Waals surface area contributed by atoms with E-state index in [1.54, 1.807) is 0 Å². The molecule has 1 fully saturated rings. The Balaban J connectivity index is 1.84. The molecule has 23 heavy (non-hydrogen) atoms. The molecular weight excluding hydrogens is 288 g/mol. The summed E-state index contributed by atoms with van der Waals surface area (Å²) in [4.78, 5) is 14.3. The van der Waals surface area contributed by atoms with Crippen LogP contribution < -0.4 is 4.74 Å². The van der Waals surface area contributed by atoms with Crippen LogP contribution in [0.1, 0.15) is 44.6 Å². The average Bonchev–Trinajstić information content (AvgIpc) is 2.88. The van der Waals surface area contributed by atoms with Gasteiger partial charge in [-0.05, 0) is 37.0 Å². The topological polar surface area (TPSA) is 53.3 Å². The number of benzene rings is 1. The van der Waals surface area contributed by atoms with Crippen LogP contribution in [-0.4, -0.2) is 30.5 Å². The number of carbonyl (C=O) groups excluding carboxylic acids is 1. The van der Waals surface area contributed by atoms with Gasteiger partial charge in [0.05, 0.1) is 12.7 Å². The Morgan fingerprint density at radius 3 is 2.70 bits per heavy atom. The minimum atomic E-state index is -0.595. The second-order valence-corrected chi connectivity index (χ2v) is 6.06. The van der Waals surface area contributed by atoms with Crippen molar-refractivity contribution in [2.75, 3.05) is 19.7 Å². The number of amides is 1. The molecule has 0 aromatic heterocycles. The minimum Gasteiger partial charge on any atom is -0.494 e. The Morgan fingerprint density at radius 1 is 1.30 bits per heavy atom. The molecule has 1 saturated heterocycles. The van der Waals surface area contributed by atoms with Gasteiger partial charge in [0, 0.05) is 19.5 Å². The van der Waals surface area contributed by atoms with E-state index in [0.29, 0.717) is 13.0 Å². The third-order valence-corrected chi connectivity index (χ3v) is 4.35. The van der Waals surface area contributed by atoms with Gasteiger partial charge in [-0.2, -0.15) is 5.26 Å². The van der Waals surface area contributed by atoms with Crippen LogP contribution in [0.4, 0.5) is 0 Å². The number of aryl methyl sites for hydroxylation is 1. The third kappa shape index (κ3) is 5.28. The summed E-state index contributed by atoms with van der Waals surface area (Å²) in [5.74, 6) is 0.186. The summed E-state index contributed by atoms with van der Waals surface area (Å²) in [5, 5.41) is 9.32. The Labute approximate surface area is 139 Å². The second-order valence-electron chi connectivity index (χ2n) is 6.06. The van der Waals surface area contributed by atoms with Gasteiger partial charge in [-0.3, -0.25) is 4.79 Å². The first kappa shape index (κ1) is 17.3.